The highest BCUT2D eigenvalue weighted by Gasteiger charge is 2.51. The van der Waals surface area contributed by atoms with Gasteiger partial charge in [-0.3, -0.25) is 14.6 Å². The van der Waals surface area contributed by atoms with Gasteiger partial charge in [0.05, 0.1) is 28.8 Å². The number of hydrogen-bond acceptors (Lipinski definition) is 7. The SMILES string of the molecule is COc1cc(C(=O)NC[C@](C=O)(c2cc3c(c(-c4cc(Cl)c(F)cc4F)n2)OC[C@]3(C)C(N)=O)C2CC2)cc2cc(C(F)(F)F)cnc12. The molecule has 0 spiro atoms. The molecule has 0 unspecified atom stereocenters. The van der Waals surface area contributed by atoms with E-state index >= 15 is 4.39 Å². The van der Waals surface area contributed by atoms with Gasteiger partial charge in [-0.25, -0.2) is 13.8 Å². The molecule has 48 heavy (non-hydrogen) atoms. The van der Waals surface area contributed by atoms with Crippen molar-refractivity contribution in [1.82, 2.24) is 15.3 Å². The van der Waals surface area contributed by atoms with E-state index in [1.54, 1.807) is 0 Å². The number of aldehydes is 1. The largest absolute Gasteiger partial charge is 0.494 e. The quantitative estimate of drug-likeness (QED) is 0.132. The second-order valence-corrected chi connectivity index (χ2v) is 12.5. The predicted molar refractivity (Wildman–Crippen MR) is 163 cm³/mol. The summed E-state index contributed by atoms with van der Waals surface area (Å²) in [6.07, 6.45) is -2.30. The Hall–Kier alpha value is -4.85. The van der Waals surface area contributed by atoms with Gasteiger partial charge in [-0.1, -0.05) is 11.6 Å². The number of carbonyl (C=O) groups is 3. The first-order chi connectivity index (χ1) is 22.6. The zero-order valence-electron chi connectivity index (χ0n) is 25.3. The lowest BCUT2D eigenvalue weighted by atomic mass is 9.76. The molecule has 250 valence electrons. The Bertz CT molecular complexity index is 2020. The molecule has 3 heterocycles. The average molecular weight is 689 g/mol. The zero-order valence-corrected chi connectivity index (χ0v) is 26.1. The van der Waals surface area contributed by atoms with E-state index in [2.05, 4.69) is 15.3 Å². The maximum Gasteiger partial charge on any atom is 0.417 e. The van der Waals surface area contributed by atoms with Crippen molar-refractivity contribution in [3.63, 3.8) is 0 Å². The van der Waals surface area contributed by atoms with Crippen molar-refractivity contribution in [2.75, 3.05) is 20.3 Å². The summed E-state index contributed by atoms with van der Waals surface area (Å²) in [7, 11) is 1.28. The number of primary amides is 1. The highest BCUT2D eigenvalue weighted by molar-refractivity contribution is 6.31. The van der Waals surface area contributed by atoms with Crippen LogP contribution in [-0.4, -0.2) is 48.3 Å². The molecule has 2 amide bonds. The Morgan fingerprint density at radius 3 is 2.50 bits per heavy atom. The summed E-state index contributed by atoms with van der Waals surface area (Å²) in [6.45, 7) is 0.943. The number of benzene rings is 2. The number of nitrogens with zero attached hydrogens (tertiary/aromatic N) is 2. The molecule has 1 fully saturated rings. The first-order valence-corrected chi connectivity index (χ1v) is 14.9. The lowest BCUT2D eigenvalue weighted by Gasteiger charge is -2.30. The van der Waals surface area contributed by atoms with E-state index < -0.39 is 51.0 Å². The van der Waals surface area contributed by atoms with Crippen molar-refractivity contribution in [3.8, 4) is 22.8 Å². The number of amides is 2. The van der Waals surface area contributed by atoms with Gasteiger partial charge in [0.25, 0.3) is 5.91 Å². The minimum Gasteiger partial charge on any atom is -0.494 e. The van der Waals surface area contributed by atoms with Gasteiger partial charge in [0.15, 0.2) is 0 Å². The first-order valence-electron chi connectivity index (χ1n) is 14.6. The molecule has 6 rings (SSSR count). The predicted octanol–water partition coefficient (Wildman–Crippen LogP) is 5.67. The monoisotopic (exact) mass is 688 g/mol. The Labute approximate surface area is 274 Å². The van der Waals surface area contributed by atoms with E-state index in [-0.39, 0.29) is 69.5 Å². The molecule has 0 saturated heterocycles. The molecule has 1 aliphatic heterocycles. The van der Waals surface area contributed by atoms with Crippen LogP contribution in [0.3, 0.4) is 0 Å². The molecule has 2 atom stereocenters. The van der Waals surface area contributed by atoms with E-state index in [1.165, 1.54) is 32.2 Å². The molecule has 2 aromatic carbocycles. The molecule has 1 saturated carbocycles. The van der Waals surface area contributed by atoms with Gasteiger partial charge in [0.2, 0.25) is 5.91 Å². The average Bonchev–Trinajstić information content (AvgIpc) is 3.84. The Balaban J connectivity index is 1.44. The Morgan fingerprint density at radius 1 is 1.15 bits per heavy atom. The minimum absolute atomic E-state index is 0.00338. The maximum absolute atomic E-state index is 15.2. The number of ether oxygens (including phenoxy) is 2. The lowest BCUT2D eigenvalue weighted by Crippen LogP contribution is -2.45. The third-order valence-corrected chi connectivity index (χ3v) is 9.26. The Kier molecular flexibility index (Phi) is 8.05. The molecular weight excluding hydrogens is 663 g/mol. The van der Waals surface area contributed by atoms with Crippen LogP contribution in [0.25, 0.3) is 22.2 Å². The summed E-state index contributed by atoms with van der Waals surface area (Å²) >= 11 is 5.99. The third-order valence-electron chi connectivity index (χ3n) is 8.97. The van der Waals surface area contributed by atoms with Crippen molar-refractivity contribution in [2.45, 2.75) is 36.8 Å². The van der Waals surface area contributed by atoms with Crippen LogP contribution in [0.4, 0.5) is 22.0 Å². The molecule has 2 aromatic heterocycles. The lowest BCUT2D eigenvalue weighted by molar-refractivity contribution is -0.137. The fourth-order valence-electron chi connectivity index (χ4n) is 5.94. The number of hydrogen-bond donors (Lipinski definition) is 2. The number of alkyl halides is 3. The highest BCUT2D eigenvalue weighted by Crippen LogP contribution is 2.51. The molecule has 2 aliphatic rings. The molecule has 4 aromatic rings. The molecule has 15 heteroatoms. The summed E-state index contributed by atoms with van der Waals surface area (Å²) in [5, 5.41) is 2.27. The molecule has 0 radical (unpaired) electrons. The molecular formula is C33H26ClF5N4O5. The van der Waals surface area contributed by atoms with Crippen molar-refractivity contribution < 1.29 is 45.8 Å². The summed E-state index contributed by atoms with van der Waals surface area (Å²) in [4.78, 5) is 47.7. The summed E-state index contributed by atoms with van der Waals surface area (Å²) in [5.41, 5.74) is 1.66. The van der Waals surface area contributed by atoms with Crippen molar-refractivity contribution >= 4 is 40.6 Å². The first kappa shape index (κ1) is 33.1. The normalized spacial score (nSPS) is 18.5. The number of fused-ring (bicyclic) bond motifs is 2. The highest BCUT2D eigenvalue weighted by atomic mass is 35.5. The van der Waals surface area contributed by atoms with E-state index in [0.717, 1.165) is 12.1 Å². The molecule has 3 N–H and O–H groups in total. The molecule has 0 bridgehead atoms. The van der Waals surface area contributed by atoms with Crippen molar-refractivity contribution in [1.29, 1.82) is 0 Å². The second-order valence-electron chi connectivity index (χ2n) is 12.1. The van der Waals surface area contributed by atoms with Crippen LogP contribution in [0.1, 0.15) is 46.9 Å². The van der Waals surface area contributed by atoms with Gasteiger partial charge in [-0.2, -0.15) is 13.2 Å². The summed E-state index contributed by atoms with van der Waals surface area (Å²) in [6, 6.07) is 6.41. The molecule has 9 nitrogen and oxygen atoms in total. The smallest absolute Gasteiger partial charge is 0.417 e. The van der Waals surface area contributed by atoms with Gasteiger partial charge in [0, 0.05) is 40.9 Å². The van der Waals surface area contributed by atoms with E-state index in [4.69, 9.17) is 26.8 Å². The summed E-state index contributed by atoms with van der Waals surface area (Å²) in [5.74, 6) is -3.88. The van der Waals surface area contributed by atoms with Crippen LogP contribution in [0.15, 0.2) is 42.6 Å². The van der Waals surface area contributed by atoms with Crippen LogP contribution >= 0.6 is 11.6 Å². The number of nitrogens with one attached hydrogen (secondary N) is 1. The number of halogens is 6. The number of rotatable bonds is 9. The number of pyridine rings is 2. The van der Waals surface area contributed by atoms with Crippen LogP contribution in [-0.2, 0) is 26.6 Å². The zero-order chi connectivity index (χ0) is 34.8. The second kappa shape index (κ2) is 11.7. The maximum atomic E-state index is 15.2. The number of nitrogens with two attached hydrogens (primary N) is 1. The fraction of sp³-hybridized carbons (Fsp3) is 0.303. The van der Waals surface area contributed by atoms with Gasteiger partial charge in [-0.15, -0.1) is 0 Å². The fourth-order valence-corrected chi connectivity index (χ4v) is 6.10. The number of aromatic nitrogens is 2. The number of methoxy groups -OCH3 is 1. The van der Waals surface area contributed by atoms with E-state index in [0.29, 0.717) is 31.4 Å². The molecule has 1 aliphatic carbocycles. The van der Waals surface area contributed by atoms with Gasteiger partial charge in [-0.05, 0) is 56.0 Å². The van der Waals surface area contributed by atoms with Crippen molar-refractivity contribution in [3.05, 3.63) is 81.6 Å². The standard InChI is InChI=1S/C33H26ClF5N4O5/c1-31(30(40)46)14-48-28-20(31)9-25(43-27(28)19-8-21(34)23(36)10-22(19)35)32(13-44,17-3-4-17)12-42-29(45)16-5-15-6-18(33(37,38)39)11-41-26(15)24(7-16)47-2/h5-11,13,17H,3-4,12,14H2,1-2H3,(H2,40,46)(H,42,45)/t31-,32+/m0/s1. The topological polar surface area (TPSA) is 134 Å². The third kappa shape index (κ3) is 5.47. The number of carbonyl (C=O) groups excluding carboxylic acids is 3. The Morgan fingerprint density at radius 2 is 1.88 bits per heavy atom. The van der Waals surface area contributed by atoms with E-state index in [9.17, 15) is 31.9 Å². The van der Waals surface area contributed by atoms with Crippen LogP contribution in [0.2, 0.25) is 5.02 Å². The van der Waals surface area contributed by atoms with Gasteiger partial charge >= 0.3 is 6.18 Å². The van der Waals surface area contributed by atoms with Crippen LogP contribution in [0.5, 0.6) is 11.5 Å². The van der Waals surface area contributed by atoms with Crippen molar-refractivity contribution in [2.24, 2.45) is 11.7 Å². The van der Waals surface area contributed by atoms with Gasteiger partial charge < -0.3 is 25.3 Å². The van der Waals surface area contributed by atoms with Crippen LogP contribution in [0, 0.1) is 17.6 Å². The van der Waals surface area contributed by atoms with Crippen LogP contribution < -0.4 is 20.5 Å². The summed E-state index contributed by atoms with van der Waals surface area (Å²) < 4.78 is 80.6. The van der Waals surface area contributed by atoms with E-state index in [1.807, 2.05) is 0 Å². The minimum atomic E-state index is -4.68. The van der Waals surface area contributed by atoms with Gasteiger partial charge in [0.1, 0.15) is 52.7 Å².